The number of anilines is 2. The van der Waals surface area contributed by atoms with Crippen LogP contribution in [0.15, 0.2) is 41.7 Å². The number of benzene rings is 1. The lowest BCUT2D eigenvalue weighted by atomic mass is 10.0. The van der Waals surface area contributed by atoms with E-state index in [1.165, 1.54) is 47.0 Å². The average Bonchev–Trinajstić information content (AvgIpc) is 3.27. The Hall–Kier alpha value is -4.16. The zero-order valence-electron chi connectivity index (χ0n) is 21.2. The van der Waals surface area contributed by atoms with Gasteiger partial charge in [0.25, 0.3) is 11.5 Å². The molecule has 11 nitrogen and oxygen atoms in total. The number of phenols is 1. The molecule has 1 atom stereocenters. The van der Waals surface area contributed by atoms with Crippen LogP contribution in [0.25, 0.3) is 22.2 Å². The summed E-state index contributed by atoms with van der Waals surface area (Å²) in [6.07, 6.45) is 4.48. The van der Waals surface area contributed by atoms with Gasteiger partial charge >= 0.3 is 0 Å². The maximum Gasteiger partial charge on any atom is 0.263 e. The van der Waals surface area contributed by atoms with Crippen molar-refractivity contribution < 1.29 is 19.1 Å². The van der Waals surface area contributed by atoms with Gasteiger partial charge in [0.2, 0.25) is 5.91 Å². The van der Waals surface area contributed by atoms with E-state index in [2.05, 4.69) is 15.3 Å². The second kappa shape index (κ2) is 10.8. The quantitative estimate of drug-likeness (QED) is 0.312. The van der Waals surface area contributed by atoms with Crippen molar-refractivity contribution in [1.82, 2.24) is 19.1 Å². The summed E-state index contributed by atoms with van der Waals surface area (Å²) in [4.78, 5) is 48.5. The van der Waals surface area contributed by atoms with E-state index in [-0.39, 0.29) is 39.7 Å². The van der Waals surface area contributed by atoms with Crippen LogP contribution in [0.4, 0.5) is 15.9 Å². The van der Waals surface area contributed by atoms with Gasteiger partial charge in [0.05, 0.1) is 45.8 Å². The number of carbonyl (C=O) groups is 2. The molecule has 1 aromatic carbocycles. The molecule has 3 aromatic heterocycles. The first-order chi connectivity index (χ1) is 19.0. The van der Waals surface area contributed by atoms with Gasteiger partial charge in [0.15, 0.2) is 0 Å². The molecule has 1 fully saturated rings. The van der Waals surface area contributed by atoms with E-state index >= 15 is 0 Å². The Morgan fingerprint density at radius 1 is 1.23 bits per heavy atom. The fourth-order valence-electron chi connectivity index (χ4n) is 4.72. The van der Waals surface area contributed by atoms with Crippen molar-refractivity contribution in [2.24, 2.45) is 12.8 Å². The molecule has 1 saturated heterocycles. The van der Waals surface area contributed by atoms with E-state index in [0.717, 1.165) is 0 Å². The lowest BCUT2D eigenvalue weighted by Gasteiger charge is -2.30. The normalized spacial score (nSPS) is 15.4. The monoisotopic (exact) mass is 587 g/mol. The summed E-state index contributed by atoms with van der Waals surface area (Å²) in [6, 6.07) is 4.29. The molecule has 1 aliphatic heterocycles. The van der Waals surface area contributed by atoms with Crippen LogP contribution in [0.1, 0.15) is 23.2 Å². The summed E-state index contributed by atoms with van der Waals surface area (Å²) >= 11 is 12.4. The molecule has 208 valence electrons. The Morgan fingerprint density at radius 2 is 2.00 bits per heavy atom. The molecule has 5 rings (SSSR count). The second-order valence-electron chi connectivity index (χ2n) is 9.50. The van der Waals surface area contributed by atoms with Crippen LogP contribution >= 0.6 is 23.2 Å². The van der Waals surface area contributed by atoms with Gasteiger partial charge in [-0.3, -0.25) is 14.4 Å². The summed E-state index contributed by atoms with van der Waals surface area (Å²) in [6.45, 7) is 0.592. The number of aromatic nitrogens is 4. The number of nitrogens with two attached hydrogens (primary N) is 1. The lowest BCUT2D eigenvalue weighted by Crippen LogP contribution is -2.36. The van der Waals surface area contributed by atoms with Crippen LogP contribution in [0.3, 0.4) is 0 Å². The predicted molar refractivity (Wildman–Crippen MR) is 150 cm³/mol. The topological polar surface area (TPSA) is 148 Å². The summed E-state index contributed by atoms with van der Waals surface area (Å²) in [5.41, 5.74) is 5.92. The number of aromatic hydroxyl groups is 1. The molecular formula is C26H24Cl2FN7O4. The highest BCUT2D eigenvalue weighted by molar-refractivity contribution is 6.34. The number of alkyl halides is 1. The van der Waals surface area contributed by atoms with Crippen molar-refractivity contribution in [1.29, 1.82) is 0 Å². The molecule has 0 unspecified atom stereocenters. The van der Waals surface area contributed by atoms with Gasteiger partial charge in [0, 0.05) is 31.4 Å². The number of aryl methyl sites for hydroxylation is 1. The molecule has 0 aliphatic carbocycles. The first-order valence-corrected chi connectivity index (χ1v) is 13.0. The van der Waals surface area contributed by atoms with E-state index in [9.17, 15) is 23.9 Å². The third-order valence-electron chi connectivity index (χ3n) is 6.69. The number of nitrogens with zero attached hydrogens (tertiary/aromatic N) is 5. The molecule has 2 amide bonds. The van der Waals surface area contributed by atoms with Crippen LogP contribution < -0.4 is 21.5 Å². The summed E-state index contributed by atoms with van der Waals surface area (Å²) in [7, 11) is 1.53. The van der Waals surface area contributed by atoms with Crippen molar-refractivity contribution in [3.63, 3.8) is 0 Å². The van der Waals surface area contributed by atoms with Crippen molar-refractivity contribution in [3.8, 4) is 16.9 Å². The highest BCUT2D eigenvalue weighted by Crippen LogP contribution is 2.36. The van der Waals surface area contributed by atoms with Crippen molar-refractivity contribution in [3.05, 3.63) is 62.9 Å². The van der Waals surface area contributed by atoms with Crippen LogP contribution in [0.2, 0.25) is 10.0 Å². The molecule has 4 heterocycles. The summed E-state index contributed by atoms with van der Waals surface area (Å²) in [5, 5.41) is 13.1. The third-order valence-corrected chi connectivity index (χ3v) is 7.28. The minimum Gasteiger partial charge on any atom is -0.506 e. The zero-order valence-corrected chi connectivity index (χ0v) is 22.7. The number of halogens is 3. The Bertz CT molecular complexity index is 1720. The molecule has 0 bridgehead atoms. The number of piperidine rings is 1. The van der Waals surface area contributed by atoms with Crippen LogP contribution in [-0.4, -0.2) is 55.3 Å². The minimum atomic E-state index is -0.955. The van der Waals surface area contributed by atoms with Crippen molar-refractivity contribution >= 4 is 57.6 Å². The van der Waals surface area contributed by atoms with Crippen LogP contribution in [0.5, 0.6) is 5.75 Å². The number of primary amides is 1. The maximum absolute atomic E-state index is 13.9. The van der Waals surface area contributed by atoms with Gasteiger partial charge in [-0.2, -0.15) is 0 Å². The largest absolute Gasteiger partial charge is 0.506 e. The molecule has 14 heteroatoms. The van der Waals surface area contributed by atoms with Crippen LogP contribution in [0, 0.1) is 0 Å². The van der Waals surface area contributed by atoms with Crippen LogP contribution in [-0.2, 0) is 18.4 Å². The third kappa shape index (κ3) is 5.19. The summed E-state index contributed by atoms with van der Waals surface area (Å²) < 4.78 is 16.7. The molecule has 0 saturated carbocycles. The van der Waals surface area contributed by atoms with E-state index in [4.69, 9.17) is 28.9 Å². The number of fused-ring (bicyclic) bond motifs is 1. The van der Waals surface area contributed by atoms with Gasteiger partial charge < -0.3 is 30.2 Å². The Kier molecular flexibility index (Phi) is 7.39. The zero-order chi connectivity index (χ0) is 28.7. The number of hydrogen-bond acceptors (Lipinski definition) is 7. The number of pyridine rings is 1. The number of carbonyl (C=O) groups excluding carboxylic acids is 2. The van der Waals surface area contributed by atoms with E-state index in [0.29, 0.717) is 42.0 Å². The SMILES string of the molecule is Cn1cnc2c(c(-c3cc(Cl)c(O)c(C(N)=O)c3)cn2CC(=O)Nc2cc(N3CCC[C@H](F)C3)ncc2Cl)c1=O. The first kappa shape index (κ1) is 27.4. The van der Waals surface area contributed by atoms with E-state index in [1.54, 1.807) is 11.0 Å². The molecular weight excluding hydrogens is 564 g/mol. The smallest absolute Gasteiger partial charge is 0.263 e. The Labute approximate surface area is 236 Å². The maximum atomic E-state index is 13.9. The van der Waals surface area contributed by atoms with Gasteiger partial charge in [-0.05, 0) is 30.5 Å². The molecule has 1 aliphatic rings. The lowest BCUT2D eigenvalue weighted by molar-refractivity contribution is -0.116. The highest BCUT2D eigenvalue weighted by atomic mass is 35.5. The number of rotatable bonds is 6. The van der Waals surface area contributed by atoms with Gasteiger partial charge in [0.1, 0.15) is 29.9 Å². The first-order valence-electron chi connectivity index (χ1n) is 12.2. The van der Waals surface area contributed by atoms with Crippen molar-refractivity contribution in [2.75, 3.05) is 23.3 Å². The predicted octanol–water partition coefficient (Wildman–Crippen LogP) is 3.49. The summed E-state index contributed by atoms with van der Waals surface area (Å²) in [5.74, 6) is -1.37. The number of nitrogens with one attached hydrogen (secondary N) is 1. The fourth-order valence-corrected chi connectivity index (χ4v) is 5.09. The average molecular weight is 588 g/mol. The van der Waals surface area contributed by atoms with Crippen molar-refractivity contribution in [2.45, 2.75) is 25.6 Å². The molecule has 40 heavy (non-hydrogen) atoms. The molecule has 0 radical (unpaired) electrons. The van der Waals surface area contributed by atoms with Gasteiger partial charge in [-0.15, -0.1) is 0 Å². The minimum absolute atomic E-state index is 0.137. The number of hydrogen-bond donors (Lipinski definition) is 3. The highest BCUT2D eigenvalue weighted by Gasteiger charge is 2.23. The molecule has 4 aromatic rings. The molecule has 0 spiro atoms. The number of amides is 2. The fraction of sp³-hybridized carbons (Fsp3) is 0.269. The Morgan fingerprint density at radius 3 is 2.73 bits per heavy atom. The van der Waals surface area contributed by atoms with Gasteiger partial charge in [-0.1, -0.05) is 23.2 Å². The van der Waals surface area contributed by atoms with E-state index in [1.807, 2.05) is 0 Å². The standard InChI is InChI=1S/C26H24Cl2FN7O4/c1-34-12-32-25-22(26(34)40)16(13-5-15(24(30)39)23(38)17(27)6-13)10-36(25)11-21(37)33-19-7-20(31-8-18(19)28)35-4-2-3-14(29)9-35/h5-8,10,12,14,38H,2-4,9,11H2,1H3,(H2,30,39)(H,31,33,37)/t14-/m0/s1. The van der Waals surface area contributed by atoms with E-state index < -0.39 is 29.3 Å². The van der Waals surface area contributed by atoms with Gasteiger partial charge in [-0.25, -0.2) is 14.4 Å². The molecule has 4 N–H and O–H groups in total. The Balaban J connectivity index is 1.50. The second-order valence-corrected chi connectivity index (χ2v) is 10.3.